The Morgan fingerprint density at radius 1 is 1.05 bits per heavy atom. The Hall–Kier alpha value is -3.32. The molecule has 37 heavy (non-hydrogen) atoms. The van der Waals surface area contributed by atoms with Crippen molar-refractivity contribution in [2.24, 2.45) is 0 Å². The highest BCUT2D eigenvalue weighted by molar-refractivity contribution is 7.92. The first-order chi connectivity index (χ1) is 17.4. The highest BCUT2D eigenvalue weighted by atomic mass is 32.2. The molecule has 0 aromatic heterocycles. The zero-order chi connectivity index (χ0) is 27.6. The zero-order valence-corrected chi connectivity index (χ0v) is 21.4. The lowest BCUT2D eigenvalue weighted by Crippen LogP contribution is -2.44. The molecule has 4 N–H and O–H groups in total. The molecule has 13 heteroatoms. The van der Waals surface area contributed by atoms with Gasteiger partial charge in [-0.3, -0.25) is 9.52 Å². The molecule has 204 valence electrons. The minimum atomic E-state index is -5.08. The summed E-state index contributed by atoms with van der Waals surface area (Å²) in [4.78, 5) is 24.0. The third-order valence-electron chi connectivity index (χ3n) is 5.37. The number of carboxylic acid groups (broad SMARTS) is 1. The van der Waals surface area contributed by atoms with Gasteiger partial charge < -0.3 is 20.6 Å². The van der Waals surface area contributed by atoms with Crippen molar-refractivity contribution in [1.82, 2.24) is 10.6 Å². The Balaban J connectivity index is 0.000000604. The number of hydrogen-bond acceptors (Lipinski definition) is 6. The topological polar surface area (TPSA) is 128 Å². The number of aryl methyl sites for hydroxylation is 1. The van der Waals surface area contributed by atoms with Crippen LogP contribution in [-0.4, -0.2) is 64.3 Å². The van der Waals surface area contributed by atoms with Crippen molar-refractivity contribution in [3.63, 3.8) is 0 Å². The summed E-state index contributed by atoms with van der Waals surface area (Å²) >= 11 is 0. The third-order valence-corrected chi connectivity index (χ3v) is 6.77. The van der Waals surface area contributed by atoms with Crippen LogP contribution in [0.15, 0.2) is 47.4 Å². The Kier molecular flexibility index (Phi) is 10.7. The summed E-state index contributed by atoms with van der Waals surface area (Å²) < 4.78 is 60.0. The van der Waals surface area contributed by atoms with E-state index in [-0.39, 0.29) is 10.8 Å². The summed E-state index contributed by atoms with van der Waals surface area (Å²) in [5.74, 6) is -2.95. The zero-order valence-electron chi connectivity index (χ0n) is 20.6. The lowest BCUT2D eigenvalue weighted by atomic mass is 10.1. The smallest absolute Gasteiger partial charge is 0.475 e. The highest BCUT2D eigenvalue weighted by Crippen LogP contribution is 2.27. The Morgan fingerprint density at radius 2 is 1.65 bits per heavy atom. The molecule has 1 saturated heterocycles. The maximum Gasteiger partial charge on any atom is 0.490 e. The van der Waals surface area contributed by atoms with Gasteiger partial charge in [-0.25, -0.2) is 13.2 Å². The van der Waals surface area contributed by atoms with Crippen LogP contribution in [0.4, 0.5) is 24.5 Å². The lowest BCUT2D eigenvalue weighted by molar-refractivity contribution is -0.192. The number of halogens is 3. The van der Waals surface area contributed by atoms with Crippen molar-refractivity contribution in [2.75, 3.05) is 42.3 Å². The summed E-state index contributed by atoms with van der Waals surface area (Å²) in [6, 6.07) is 12.0. The molecule has 0 atom stereocenters. The monoisotopic (exact) mass is 544 g/mol. The summed E-state index contributed by atoms with van der Waals surface area (Å²) in [5.41, 5.74) is 2.74. The molecule has 1 aliphatic rings. The largest absolute Gasteiger partial charge is 0.490 e. The van der Waals surface area contributed by atoms with Gasteiger partial charge in [0.25, 0.3) is 15.9 Å². The molecular formula is C24H31F3N4O5S. The molecule has 0 aliphatic carbocycles. The van der Waals surface area contributed by atoms with Gasteiger partial charge in [-0.15, -0.1) is 0 Å². The van der Waals surface area contributed by atoms with E-state index < -0.39 is 22.2 Å². The van der Waals surface area contributed by atoms with Crippen LogP contribution in [0.3, 0.4) is 0 Å². The van der Waals surface area contributed by atoms with E-state index in [4.69, 9.17) is 9.90 Å². The molecule has 0 spiro atoms. The average molecular weight is 545 g/mol. The molecule has 0 unspecified atom stereocenters. The normalized spacial score (nSPS) is 13.8. The van der Waals surface area contributed by atoms with E-state index in [0.717, 1.165) is 50.3 Å². The van der Waals surface area contributed by atoms with Gasteiger partial charge in [-0.2, -0.15) is 13.2 Å². The van der Waals surface area contributed by atoms with Gasteiger partial charge in [0, 0.05) is 44.1 Å². The average Bonchev–Trinajstić information content (AvgIpc) is 2.87. The van der Waals surface area contributed by atoms with Gasteiger partial charge >= 0.3 is 12.1 Å². The number of hydrogen-bond donors (Lipinski definition) is 4. The number of anilines is 2. The predicted molar refractivity (Wildman–Crippen MR) is 134 cm³/mol. The first-order valence-electron chi connectivity index (χ1n) is 11.7. The number of piperazine rings is 1. The van der Waals surface area contributed by atoms with Crippen molar-refractivity contribution in [2.45, 2.75) is 37.8 Å². The standard InChI is InChI=1S/C22H30N4O3S.C2HF3O2/c1-3-11-24-22(27)20-16-18(7-10-21(20)26-14-12-23-13-15-26)25-30(28,29)19-8-5-17(4-2)6-9-19;3-2(4,5)1(6)7/h5-10,16,23,25H,3-4,11-15H2,1-2H3,(H,24,27);(H,6,7). The molecule has 0 saturated carbocycles. The van der Waals surface area contributed by atoms with Crippen LogP contribution in [0.2, 0.25) is 0 Å². The second-order valence-electron chi connectivity index (χ2n) is 8.13. The number of rotatable bonds is 8. The van der Waals surface area contributed by atoms with E-state index in [1.165, 1.54) is 0 Å². The molecule has 9 nitrogen and oxygen atoms in total. The number of sulfonamides is 1. The first-order valence-corrected chi connectivity index (χ1v) is 13.2. The number of carbonyl (C=O) groups excluding carboxylic acids is 1. The number of nitrogens with one attached hydrogen (secondary N) is 3. The molecule has 0 radical (unpaired) electrons. The summed E-state index contributed by atoms with van der Waals surface area (Å²) in [7, 11) is -3.74. The number of alkyl halides is 3. The number of nitrogens with zero attached hydrogens (tertiary/aromatic N) is 1. The Labute approximate surface area is 214 Å². The van der Waals surface area contributed by atoms with Crippen molar-refractivity contribution in [3.8, 4) is 0 Å². The van der Waals surface area contributed by atoms with Crippen LogP contribution in [0, 0.1) is 0 Å². The van der Waals surface area contributed by atoms with Crippen LogP contribution in [0.1, 0.15) is 36.2 Å². The fourth-order valence-corrected chi connectivity index (χ4v) is 4.46. The number of amides is 1. The lowest BCUT2D eigenvalue weighted by Gasteiger charge is -2.31. The van der Waals surface area contributed by atoms with Crippen molar-refractivity contribution in [3.05, 3.63) is 53.6 Å². The maximum atomic E-state index is 12.8. The van der Waals surface area contributed by atoms with Gasteiger partial charge in [0.15, 0.2) is 0 Å². The van der Waals surface area contributed by atoms with E-state index in [1.807, 2.05) is 32.0 Å². The third kappa shape index (κ3) is 8.93. The van der Waals surface area contributed by atoms with Crippen LogP contribution in [-0.2, 0) is 21.2 Å². The van der Waals surface area contributed by atoms with Crippen molar-refractivity contribution >= 4 is 33.3 Å². The van der Waals surface area contributed by atoms with E-state index in [0.29, 0.717) is 17.8 Å². The van der Waals surface area contributed by atoms with E-state index >= 15 is 0 Å². The molecule has 3 rings (SSSR count). The number of benzene rings is 2. The molecule has 2 aromatic rings. The van der Waals surface area contributed by atoms with Crippen LogP contribution >= 0.6 is 0 Å². The van der Waals surface area contributed by atoms with Gasteiger partial charge in [0.2, 0.25) is 0 Å². The second kappa shape index (κ2) is 13.3. The highest BCUT2D eigenvalue weighted by Gasteiger charge is 2.38. The van der Waals surface area contributed by atoms with Gasteiger partial charge in [-0.05, 0) is 48.7 Å². The summed E-state index contributed by atoms with van der Waals surface area (Å²) in [6.45, 7) is 7.86. The predicted octanol–water partition coefficient (Wildman–Crippen LogP) is 3.23. The minimum Gasteiger partial charge on any atom is -0.475 e. The number of aliphatic carboxylic acids is 1. The fourth-order valence-electron chi connectivity index (χ4n) is 3.42. The summed E-state index contributed by atoms with van der Waals surface area (Å²) in [5, 5.41) is 13.3. The van der Waals surface area contributed by atoms with Crippen LogP contribution in [0.25, 0.3) is 0 Å². The summed E-state index contributed by atoms with van der Waals surface area (Å²) in [6.07, 6.45) is -3.41. The number of carbonyl (C=O) groups is 2. The maximum absolute atomic E-state index is 12.8. The quantitative estimate of drug-likeness (QED) is 0.402. The molecule has 1 fully saturated rings. The Bertz CT molecular complexity index is 1170. The van der Waals surface area contributed by atoms with E-state index in [1.54, 1.807) is 24.3 Å². The van der Waals surface area contributed by atoms with E-state index in [2.05, 4.69) is 20.3 Å². The molecule has 2 aromatic carbocycles. The molecular weight excluding hydrogens is 513 g/mol. The molecule has 1 amide bonds. The Morgan fingerprint density at radius 3 is 2.16 bits per heavy atom. The molecule has 1 aliphatic heterocycles. The van der Waals surface area contributed by atoms with Gasteiger partial charge in [-0.1, -0.05) is 26.0 Å². The SMILES string of the molecule is CCCNC(=O)c1cc(NS(=O)(=O)c2ccc(CC)cc2)ccc1N1CCNCC1.O=C(O)C(F)(F)F. The first kappa shape index (κ1) is 29.9. The van der Waals surface area contributed by atoms with Crippen molar-refractivity contribution in [1.29, 1.82) is 0 Å². The van der Waals surface area contributed by atoms with Gasteiger partial charge in [0.1, 0.15) is 0 Å². The van der Waals surface area contributed by atoms with E-state index in [9.17, 15) is 26.4 Å². The van der Waals surface area contributed by atoms with Crippen molar-refractivity contribution < 1.29 is 36.3 Å². The fraction of sp³-hybridized carbons (Fsp3) is 0.417. The molecule has 0 bridgehead atoms. The second-order valence-corrected chi connectivity index (χ2v) is 9.81. The molecule has 1 heterocycles. The minimum absolute atomic E-state index is 0.196. The van der Waals surface area contributed by atoms with Crippen LogP contribution < -0.4 is 20.3 Å². The van der Waals surface area contributed by atoms with Crippen LogP contribution in [0.5, 0.6) is 0 Å². The number of carboxylic acids is 1. The van der Waals surface area contributed by atoms with Gasteiger partial charge in [0.05, 0.1) is 10.5 Å².